The van der Waals surface area contributed by atoms with E-state index in [-0.39, 0.29) is 24.6 Å². The minimum absolute atomic E-state index is 0.0745. The van der Waals surface area contributed by atoms with Crippen molar-refractivity contribution < 1.29 is 18.9 Å². The van der Waals surface area contributed by atoms with Crippen LogP contribution in [0.5, 0.6) is 0 Å². The third kappa shape index (κ3) is 4.87. The van der Waals surface area contributed by atoms with Crippen LogP contribution in [0.4, 0.5) is 15.8 Å². The largest absolute Gasteiger partial charge is 0.347 e. The average molecular weight is 331 g/mol. The molecule has 124 valence electrons. The molecule has 0 aliphatic rings. The van der Waals surface area contributed by atoms with E-state index in [9.17, 15) is 24.1 Å². The first-order valence-corrected chi connectivity index (χ1v) is 7.00. The van der Waals surface area contributed by atoms with Gasteiger partial charge in [0.15, 0.2) is 0 Å². The predicted molar refractivity (Wildman–Crippen MR) is 84.8 cm³/mol. The van der Waals surface area contributed by atoms with Crippen LogP contribution in [0, 0.1) is 15.9 Å². The fourth-order valence-corrected chi connectivity index (χ4v) is 1.96. The van der Waals surface area contributed by atoms with Gasteiger partial charge in [-0.15, -0.1) is 0 Å². The van der Waals surface area contributed by atoms with Gasteiger partial charge in [-0.25, -0.2) is 0 Å². The lowest BCUT2D eigenvalue weighted by Gasteiger charge is -2.07. The Balaban J connectivity index is 1.86. The number of nitrogens with zero attached hydrogens (tertiary/aromatic N) is 1. The van der Waals surface area contributed by atoms with Crippen LogP contribution in [-0.2, 0) is 16.0 Å². The second-order valence-corrected chi connectivity index (χ2v) is 4.91. The highest BCUT2D eigenvalue weighted by Gasteiger charge is 2.15. The first-order valence-electron chi connectivity index (χ1n) is 7.00. The number of carbonyl (C=O) groups is 2. The van der Waals surface area contributed by atoms with Crippen molar-refractivity contribution in [2.75, 3.05) is 11.9 Å². The molecule has 7 nitrogen and oxygen atoms in total. The van der Waals surface area contributed by atoms with E-state index in [0.29, 0.717) is 0 Å². The molecule has 0 heterocycles. The molecular formula is C16H14FN3O4. The molecule has 0 bridgehead atoms. The molecule has 2 aromatic rings. The van der Waals surface area contributed by atoms with Gasteiger partial charge >= 0.3 is 5.69 Å². The fraction of sp³-hybridized carbons (Fsp3) is 0.125. The van der Waals surface area contributed by atoms with Crippen molar-refractivity contribution in [2.24, 2.45) is 0 Å². The standard InChI is InChI=1S/C16H14FN3O4/c17-13-7-6-12(9-14(13)20(23)24)19-16(22)10-18-15(21)8-11-4-2-1-3-5-11/h1-7,9H,8,10H2,(H,18,21)(H,19,22). The van der Waals surface area contributed by atoms with Gasteiger partial charge in [-0.1, -0.05) is 30.3 Å². The minimum Gasteiger partial charge on any atom is -0.347 e. The highest BCUT2D eigenvalue weighted by Crippen LogP contribution is 2.21. The maximum atomic E-state index is 13.2. The van der Waals surface area contributed by atoms with Crippen LogP contribution in [0.3, 0.4) is 0 Å². The number of carbonyl (C=O) groups excluding carboxylic acids is 2. The van der Waals surface area contributed by atoms with Gasteiger partial charge in [0.1, 0.15) is 0 Å². The van der Waals surface area contributed by atoms with Gasteiger partial charge in [0.05, 0.1) is 17.9 Å². The normalized spacial score (nSPS) is 10.0. The van der Waals surface area contributed by atoms with E-state index in [1.807, 2.05) is 6.07 Å². The van der Waals surface area contributed by atoms with Crippen LogP contribution in [0.25, 0.3) is 0 Å². The number of anilines is 1. The summed E-state index contributed by atoms with van der Waals surface area (Å²) in [5.41, 5.74) is 0.149. The zero-order valence-electron chi connectivity index (χ0n) is 12.5. The number of nitro benzene ring substituents is 1. The van der Waals surface area contributed by atoms with E-state index in [0.717, 1.165) is 17.7 Å². The Bertz CT molecular complexity index is 765. The smallest absolute Gasteiger partial charge is 0.306 e. The fourth-order valence-electron chi connectivity index (χ4n) is 1.96. The molecule has 0 aliphatic carbocycles. The molecule has 2 aromatic carbocycles. The number of hydrogen-bond donors (Lipinski definition) is 2. The van der Waals surface area contributed by atoms with Gasteiger partial charge in [0.2, 0.25) is 17.6 Å². The zero-order valence-corrected chi connectivity index (χ0v) is 12.5. The monoisotopic (exact) mass is 331 g/mol. The second-order valence-electron chi connectivity index (χ2n) is 4.91. The van der Waals surface area contributed by atoms with Gasteiger partial charge in [-0.3, -0.25) is 19.7 Å². The van der Waals surface area contributed by atoms with Crippen LogP contribution in [0.2, 0.25) is 0 Å². The molecule has 2 N–H and O–H groups in total. The van der Waals surface area contributed by atoms with Crippen molar-refractivity contribution in [1.82, 2.24) is 5.32 Å². The lowest BCUT2D eigenvalue weighted by atomic mass is 10.1. The Morgan fingerprint density at radius 3 is 2.46 bits per heavy atom. The molecule has 0 saturated carbocycles. The van der Waals surface area contributed by atoms with E-state index in [2.05, 4.69) is 10.6 Å². The first kappa shape index (κ1) is 17.1. The molecule has 0 spiro atoms. The molecule has 0 atom stereocenters. The van der Waals surface area contributed by atoms with Crippen molar-refractivity contribution in [2.45, 2.75) is 6.42 Å². The van der Waals surface area contributed by atoms with Crippen LogP contribution in [-0.4, -0.2) is 23.3 Å². The topological polar surface area (TPSA) is 101 Å². The zero-order chi connectivity index (χ0) is 17.5. The van der Waals surface area contributed by atoms with E-state index >= 15 is 0 Å². The molecule has 8 heteroatoms. The quantitative estimate of drug-likeness (QED) is 0.624. The Hall–Kier alpha value is -3.29. The lowest BCUT2D eigenvalue weighted by molar-refractivity contribution is -0.387. The number of halogens is 1. The van der Waals surface area contributed by atoms with Crippen molar-refractivity contribution >= 4 is 23.2 Å². The molecule has 0 saturated heterocycles. The number of nitrogens with one attached hydrogen (secondary N) is 2. The predicted octanol–water partition coefficient (Wildman–Crippen LogP) is 2.03. The summed E-state index contributed by atoms with van der Waals surface area (Å²) < 4.78 is 13.2. The summed E-state index contributed by atoms with van der Waals surface area (Å²) in [6.45, 7) is -0.295. The maximum Gasteiger partial charge on any atom is 0.306 e. The summed E-state index contributed by atoms with van der Waals surface area (Å²) >= 11 is 0. The third-order valence-corrected chi connectivity index (χ3v) is 3.08. The number of rotatable bonds is 6. The maximum absolute atomic E-state index is 13.2. The van der Waals surface area contributed by atoms with Crippen molar-refractivity contribution in [3.63, 3.8) is 0 Å². The summed E-state index contributed by atoms with van der Waals surface area (Å²) in [5.74, 6) is -1.90. The molecule has 0 aliphatic heterocycles. The summed E-state index contributed by atoms with van der Waals surface area (Å²) in [5, 5.41) is 15.4. The van der Waals surface area contributed by atoms with Crippen LogP contribution in [0.1, 0.15) is 5.56 Å². The average Bonchev–Trinajstić information content (AvgIpc) is 2.55. The highest BCUT2D eigenvalue weighted by molar-refractivity contribution is 5.95. The minimum atomic E-state index is -0.992. The molecular weight excluding hydrogens is 317 g/mol. The van der Waals surface area contributed by atoms with Crippen molar-refractivity contribution in [1.29, 1.82) is 0 Å². The summed E-state index contributed by atoms with van der Waals surface area (Å²) in [6, 6.07) is 12.0. The van der Waals surface area contributed by atoms with E-state index < -0.39 is 22.3 Å². The van der Waals surface area contributed by atoms with Gasteiger partial charge in [-0.05, 0) is 17.7 Å². The van der Waals surface area contributed by atoms with Crippen LogP contribution >= 0.6 is 0 Å². The van der Waals surface area contributed by atoms with Gasteiger partial charge in [0, 0.05) is 11.8 Å². The molecule has 2 rings (SSSR count). The number of benzene rings is 2. The first-order chi connectivity index (χ1) is 11.5. The number of amides is 2. The molecule has 2 amide bonds. The Morgan fingerprint density at radius 2 is 1.79 bits per heavy atom. The van der Waals surface area contributed by atoms with Gasteiger partial charge in [-0.2, -0.15) is 4.39 Å². The Kier molecular flexibility index (Phi) is 5.56. The van der Waals surface area contributed by atoms with Crippen molar-refractivity contribution in [3.8, 4) is 0 Å². The molecule has 0 fully saturated rings. The van der Waals surface area contributed by atoms with Gasteiger partial charge < -0.3 is 10.6 Å². The Labute approximate surface area is 136 Å². The molecule has 0 unspecified atom stereocenters. The van der Waals surface area contributed by atoms with E-state index in [1.54, 1.807) is 24.3 Å². The lowest BCUT2D eigenvalue weighted by Crippen LogP contribution is -2.33. The van der Waals surface area contributed by atoms with Crippen LogP contribution in [0.15, 0.2) is 48.5 Å². The third-order valence-electron chi connectivity index (χ3n) is 3.08. The summed E-state index contributed by atoms with van der Waals surface area (Å²) in [7, 11) is 0. The summed E-state index contributed by atoms with van der Waals surface area (Å²) in [4.78, 5) is 33.2. The van der Waals surface area contributed by atoms with Crippen LogP contribution < -0.4 is 10.6 Å². The SMILES string of the molecule is O=C(Cc1ccccc1)NCC(=O)Nc1ccc(F)c([N+](=O)[O-])c1. The summed E-state index contributed by atoms with van der Waals surface area (Å²) in [6.07, 6.45) is 0.135. The Morgan fingerprint density at radius 1 is 1.08 bits per heavy atom. The molecule has 24 heavy (non-hydrogen) atoms. The molecule has 0 radical (unpaired) electrons. The number of hydrogen-bond acceptors (Lipinski definition) is 4. The van der Waals surface area contributed by atoms with E-state index in [4.69, 9.17) is 0 Å². The van der Waals surface area contributed by atoms with E-state index in [1.165, 1.54) is 6.07 Å². The molecule has 0 aromatic heterocycles. The second kappa shape index (κ2) is 7.82. The van der Waals surface area contributed by atoms with Gasteiger partial charge in [0.25, 0.3) is 0 Å². The number of nitro groups is 1. The van der Waals surface area contributed by atoms with Crippen molar-refractivity contribution in [3.05, 3.63) is 70.0 Å². The highest BCUT2D eigenvalue weighted by atomic mass is 19.1.